The SMILES string of the molecule is COc1ccc(NCc2ccc(C(=N)N3CCCC3)cc2)c(C(=O)Nc2ccc(C)cn2)c1. The Bertz CT molecular complexity index is 1120. The predicted molar refractivity (Wildman–Crippen MR) is 131 cm³/mol. The molecule has 1 aliphatic heterocycles. The molecule has 2 aromatic carbocycles. The van der Waals surface area contributed by atoms with Gasteiger partial charge in [-0.1, -0.05) is 30.3 Å². The van der Waals surface area contributed by atoms with E-state index in [0.717, 1.165) is 42.6 Å². The van der Waals surface area contributed by atoms with Crippen molar-refractivity contribution in [1.29, 1.82) is 5.41 Å². The third-order valence-corrected chi connectivity index (χ3v) is 5.76. The lowest BCUT2D eigenvalue weighted by molar-refractivity contribution is 0.102. The summed E-state index contributed by atoms with van der Waals surface area (Å²) in [7, 11) is 1.58. The zero-order chi connectivity index (χ0) is 23.2. The number of benzene rings is 2. The average molecular weight is 444 g/mol. The minimum atomic E-state index is -0.262. The van der Waals surface area contributed by atoms with Gasteiger partial charge < -0.3 is 20.3 Å². The van der Waals surface area contributed by atoms with Crippen LogP contribution in [0.15, 0.2) is 60.8 Å². The van der Waals surface area contributed by atoms with Crippen LogP contribution in [0, 0.1) is 12.3 Å². The third-order valence-electron chi connectivity index (χ3n) is 5.76. The molecule has 0 spiro atoms. The molecule has 0 aliphatic carbocycles. The molecule has 7 nitrogen and oxygen atoms in total. The Morgan fingerprint density at radius 1 is 1.09 bits per heavy atom. The van der Waals surface area contributed by atoms with Crippen molar-refractivity contribution in [2.24, 2.45) is 0 Å². The molecule has 1 fully saturated rings. The average Bonchev–Trinajstić information content (AvgIpc) is 3.39. The maximum Gasteiger partial charge on any atom is 0.259 e. The lowest BCUT2D eigenvalue weighted by atomic mass is 10.1. The van der Waals surface area contributed by atoms with Gasteiger partial charge in [-0.05, 0) is 55.2 Å². The molecule has 2 heterocycles. The van der Waals surface area contributed by atoms with Crippen LogP contribution in [-0.4, -0.2) is 41.8 Å². The fourth-order valence-electron chi connectivity index (χ4n) is 3.82. The lowest BCUT2D eigenvalue weighted by Crippen LogP contribution is -2.27. The Morgan fingerprint density at radius 2 is 1.85 bits per heavy atom. The summed E-state index contributed by atoms with van der Waals surface area (Å²) in [6.45, 7) is 4.42. The van der Waals surface area contributed by atoms with Crippen LogP contribution in [0.1, 0.15) is 39.9 Å². The van der Waals surface area contributed by atoms with E-state index in [4.69, 9.17) is 10.1 Å². The molecule has 4 rings (SSSR count). The molecule has 0 radical (unpaired) electrons. The van der Waals surface area contributed by atoms with Crippen LogP contribution in [0.4, 0.5) is 11.5 Å². The van der Waals surface area contributed by atoms with Gasteiger partial charge in [0, 0.05) is 37.1 Å². The Balaban J connectivity index is 1.45. The zero-order valence-electron chi connectivity index (χ0n) is 19.0. The van der Waals surface area contributed by atoms with E-state index in [9.17, 15) is 4.79 Å². The minimum Gasteiger partial charge on any atom is -0.497 e. The first kappa shape index (κ1) is 22.3. The molecule has 0 unspecified atom stereocenters. The van der Waals surface area contributed by atoms with Gasteiger partial charge in [0.2, 0.25) is 0 Å². The number of nitrogens with zero attached hydrogens (tertiary/aromatic N) is 2. The van der Waals surface area contributed by atoms with Crippen molar-refractivity contribution >= 4 is 23.2 Å². The Kier molecular flexibility index (Phi) is 6.88. The summed E-state index contributed by atoms with van der Waals surface area (Å²) in [5.74, 6) is 1.43. The molecule has 3 aromatic rings. The number of pyridine rings is 1. The van der Waals surface area contributed by atoms with Gasteiger partial charge in [0.25, 0.3) is 5.91 Å². The summed E-state index contributed by atoms with van der Waals surface area (Å²) >= 11 is 0. The highest BCUT2D eigenvalue weighted by atomic mass is 16.5. The summed E-state index contributed by atoms with van der Waals surface area (Å²) in [5, 5.41) is 14.6. The van der Waals surface area contributed by atoms with Crippen LogP contribution in [0.25, 0.3) is 0 Å². The number of nitrogens with one attached hydrogen (secondary N) is 3. The summed E-state index contributed by atoms with van der Waals surface area (Å²) in [4.78, 5) is 19.3. The van der Waals surface area contributed by atoms with Crippen LogP contribution < -0.4 is 15.4 Å². The number of likely N-dealkylation sites (tertiary alicyclic amines) is 1. The maximum atomic E-state index is 13.0. The van der Waals surface area contributed by atoms with E-state index in [2.05, 4.69) is 20.5 Å². The molecule has 1 saturated heterocycles. The second-order valence-electron chi connectivity index (χ2n) is 8.18. The number of ether oxygens (including phenoxy) is 1. The number of aromatic nitrogens is 1. The maximum absolute atomic E-state index is 13.0. The van der Waals surface area contributed by atoms with Crippen molar-refractivity contribution in [2.75, 3.05) is 30.8 Å². The van der Waals surface area contributed by atoms with E-state index in [1.54, 1.807) is 25.4 Å². The van der Waals surface area contributed by atoms with Crippen molar-refractivity contribution in [3.63, 3.8) is 0 Å². The first-order valence-corrected chi connectivity index (χ1v) is 11.1. The van der Waals surface area contributed by atoms with E-state index in [1.807, 2.05) is 49.4 Å². The van der Waals surface area contributed by atoms with Crippen LogP contribution in [0.3, 0.4) is 0 Å². The van der Waals surface area contributed by atoms with Gasteiger partial charge in [0.15, 0.2) is 0 Å². The highest BCUT2D eigenvalue weighted by Crippen LogP contribution is 2.24. The first-order chi connectivity index (χ1) is 16.0. The molecule has 1 aromatic heterocycles. The van der Waals surface area contributed by atoms with Gasteiger partial charge >= 0.3 is 0 Å². The molecule has 33 heavy (non-hydrogen) atoms. The smallest absolute Gasteiger partial charge is 0.259 e. The molecule has 1 amide bonds. The molecule has 7 heteroatoms. The minimum absolute atomic E-state index is 0.262. The van der Waals surface area contributed by atoms with Gasteiger partial charge in [-0.25, -0.2) is 4.98 Å². The van der Waals surface area contributed by atoms with E-state index >= 15 is 0 Å². The normalized spacial score (nSPS) is 13.0. The van der Waals surface area contributed by atoms with Crippen molar-refractivity contribution in [3.8, 4) is 5.75 Å². The second kappa shape index (κ2) is 10.2. The number of hydrogen-bond donors (Lipinski definition) is 3. The number of amidine groups is 1. The molecule has 0 atom stereocenters. The zero-order valence-corrected chi connectivity index (χ0v) is 19.0. The van der Waals surface area contributed by atoms with Gasteiger partial charge in [-0.15, -0.1) is 0 Å². The van der Waals surface area contributed by atoms with Crippen LogP contribution in [-0.2, 0) is 6.54 Å². The molecule has 0 saturated carbocycles. The molecule has 3 N–H and O–H groups in total. The standard InChI is InChI=1S/C26H29N5O2/c1-18-5-12-24(29-16-18)30-26(32)22-15-21(33-2)10-11-23(22)28-17-19-6-8-20(9-7-19)25(27)31-13-3-4-14-31/h5-12,15-16,27-28H,3-4,13-14,17H2,1-2H3,(H,29,30,32). The van der Waals surface area contributed by atoms with E-state index in [1.165, 1.54) is 0 Å². The monoisotopic (exact) mass is 443 g/mol. The fraction of sp³-hybridized carbons (Fsp3) is 0.269. The molecular weight excluding hydrogens is 414 g/mol. The van der Waals surface area contributed by atoms with Crippen LogP contribution in [0.2, 0.25) is 0 Å². The highest BCUT2D eigenvalue weighted by Gasteiger charge is 2.17. The van der Waals surface area contributed by atoms with Crippen molar-refractivity contribution < 1.29 is 9.53 Å². The topological polar surface area (TPSA) is 90.3 Å². The predicted octanol–water partition coefficient (Wildman–Crippen LogP) is 4.68. The number of anilines is 2. The quantitative estimate of drug-likeness (QED) is 0.364. The Morgan fingerprint density at radius 3 is 2.52 bits per heavy atom. The highest BCUT2D eigenvalue weighted by molar-refractivity contribution is 6.08. The molecule has 1 aliphatic rings. The number of carbonyl (C=O) groups excluding carboxylic acids is 1. The number of carbonyl (C=O) groups is 1. The van der Waals surface area contributed by atoms with Gasteiger partial charge in [-0.3, -0.25) is 10.2 Å². The van der Waals surface area contributed by atoms with Gasteiger partial charge in [-0.2, -0.15) is 0 Å². The van der Waals surface area contributed by atoms with Gasteiger partial charge in [0.1, 0.15) is 17.4 Å². The van der Waals surface area contributed by atoms with Crippen LogP contribution in [0.5, 0.6) is 5.75 Å². The Labute approximate surface area is 194 Å². The van der Waals surface area contributed by atoms with E-state index in [-0.39, 0.29) is 5.91 Å². The second-order valence-corrected chi connectivity index (χ2v) is 8.18. The number of amides is 1. The number of rotatable bonds is 7. The number of hydrogen-bond acceptors (Lipinski definition) is 5. The molecular formula is C26H29N5O2. The van der Waals surface area contributed by atoms with Crippen molar-refractivity contribution in [3.05, 3.63) is 83.0 Å². The lowest BCUT2D eigenvalue weighted by Gasteiger charge is -2.18. The summed E-state index contributed by atoms with van der Waals surface area (Å²) in [6.07, 6.45) is 4.03. The summed E-state index contributed by atoms with van der Waals surface area (Å²) in [5.41, 5.74) is 4.20. The van der Waals surface area contributed by atoms with Crippen molar-refractivity contribution in [1.82, 2.24) is 9.88 Å². The largest absolute Gasteiger partial charge is 0.497 e. The summed E-state index contributed by atoms with van der Waals surface area (Å²) in [6, 6.07) is 17.1. The molecule has 0 bridgehead atoms. The fourth-order valence-corrected chi connectivity index (χ4v) is 3.82. The van der Waals surface area contributed by atoms with Gasteiger partial charge in [0.05, 0.1) is 12.7 Å². The number of methoxy groups -OCH3 is 1. The molecule has 170 valence electrons. The van der Waals surface area contributed by atoms with E-state index in [0.29, 0.717) is 35.2 Å². The number of aryl methyl sites for hydroxylation is 1. The third kappa shape index (κ3) is 5.49. The Hall–Kier alpha value is -3.87. The van der Waals surface area contributed by atoms with Crippen LogP contribution >= 0.6 is 0 Å². The van der Waals surface area contributed by atoms with E-state index < -0.39 is 0 Å². The summed E-state index contributed by atoms with van der Waals surface area (Å²) < 4.78 is 5.32. The van der Waals surface area contributed by atoms with Crippen molar-refractivity contribution in [2.45, 2.75) is 26.3 Å². The first-order valence-electron chi connectivity index (χ1n) is 11.1.